The molecule has 0 aliphatic rings. The Hall–Kier alpha value is -1.94. The van der Waals surface area contributed by atoms with E-state index in [2.05, 4.69) is 47.0 Å². The van der Waals surface area contributed by atoms with Gasteiger partial charge in [0.25, 0.3) is 0 Å². The lowest BCUT2D eigenvalue weighted by atomic mass is 10.1. The molecule has 2 rings (SSSR count). The van der Waals surface area contributed by atoms with E-state index in [-0.39, 0.29) is 0 Å². The maximum Gasteiger partial charge on any atom is 0.127 e. The molecule has 0 amide bonds. The third-order valence-corrected chi connectivity index (χ3v) is 3.53. The minimum absolute atomic E-state index is 0.331. The minimum Gasteiger partial charge on any atom is -0.363 e. The van der Waals surface area contributed by atoms with E-state index in [0.717, 1.165) is 12.4 Å². The van der Waals surface area contributed by atoms with E-state index in [1.807, 2.05) is 37.5 Å². The number of aromatic nitrogens is 2. The Morgan fingerprint density at radius 3 is 2.45 bits per heavy atom. The van der Waals surface area contributed by atoms with Crippen molar-refractivity contribution in [2.24, 2.45) is 0 Å². The molecule has 106 valence electrons. The SMILES string of the molecule is C[C@@H](c1cccnc1)N(C)Cc1ccc(N(C)C)nc1. The molecule has 0 saturated heterocycles. The normalized spacial score (nSPS) is 12.4. The molecule has 0 bridgehead atoms. The highest BCUT2D eigenvalue weighted by molar-refractivity contribution is 5.37. The molecule has 4 heteroatoms. The number of hydrogen-bond acceptors (Lipinski definition) is 4. The fourth-order valence-corrected chi connectivity index (χ4v) is 2.08. The summed E-state index contributed by atoms with van der Waals surface area (Å²) in [5.74, 6) is 0.983. The van der Waals surface area contributed by atoms with Crippen molar-refractivity contribution in [1.82, 2.24) is 14.9 Å². The van der Waals surface area contributed by atoms with Crippen LogP contribution >= 0.6 is 0 Å². The largest absolute Gasteiger partial charge is 0.363 e. The third kappa shape index (κ3) is 3.54. The van der Waals surface area contributed by atoms with E-state index in [0.29, 0.717) is 6.04 Å². The molecular weight excluding hydrogens is 248 g/mol. The number of rotatable bonds is 5. The molecule has 4 nitrogen and oxygen atoms in total. The van der Waals surface area contributed by atoms with Crippen molar-refractivity contribution in [3.05, 3.63) is 54.0 Å². The van der Waals surface area contributed by atoms with Gasteiger partial charge in [-0.05, 0) is 37.2 Å². The number of nitrogens with zero attached hydrogens (tertiary/aromatic N) is 4. The molecule has 1 atom stereocenters. The highest BCUT2D eigenvalue weighted by atomic mass is 15.1. The molecule has 2 heterocycles. The van der Waals surface area contributed by atoms with Gasteiger partial charge in [0.15, 0.2) is 0 Å². The topological polar surface area (TPSA) is 32.3 Å². The molecule has 0 aliphatic heterocycles. The van der Waals surface area contributed by atoms with Gasteiger partial charge >= 0.3 is 0 Å². The van der Waals surface area contributed by atoms with Crippen LogP contribution in [0.15, 0.2) is 42.9 Å². The highest BCUT2D eigenvalue weighted by Gasteiger charge is 2.12. The monoisotopic (exact) mass is 270 g/mol. The van der Waals surface area contributed by atoms with Gasteiger partial charge in [-0.2, -0.15) is 0 Å². The Bertz CT molecular complexity index is 522. The van der Waals surface area contributed by atoms with Crippen molar-refractivity contribution in [2.45, 2.75) is 19.5 Å². The molecule has 2 aromatic rings. The zero-order valence-corrected chi connectivity index (χ0v) is 12.6. The van der Waals surface area contributed by atoms with E-state index in [9.17, 15) is 0 Å². The molecule has 0 spiro atoms. The summed E-state index contributed by atoms with van der Waals surface area (Å²) >= 11 is 0. The summed E-state index contributed by atoms with van der Waals surface area (Å²) in [6, 6.07) is 8.61. The summed E-state index contributed by atoms with van der Waals surface area (Å²) in [5.41, 5.74) is 2.45. The summed E-state index contributed by atoms with van der Waals surface area (Å²) in [5, 5.41) is 0. The van der Waals surface area contributed by atoms with Gasteiger partial charge in [-0.25, -0.2) is 4.98 Å². The smallest absolute Gasteiger partial charge is 0.127 e. The van der Waals surface area contributed by atoms with Gasteiger partial charge in [0, 0.05) is 45.3 Å². The van der Waals surface area contributed by atoms with E-state index in [1.54, 1.807) is 6.20 Å². The van der Waals surface area contributed by atoms with E-state index in [1.165, 1.54) is 11.1 Å². The van der Waals surface area contributed by atoms with Gasteiger partial charge in [0.2, 0.25) is 0 Å². The second kappa shape index (κ2) is 6.48. The first-order valence-electron chi connectivity index (χ1n) is 6.80. The quantitative estimate of drug-likeness (QED) is 0.836. The second-order valence-corrected chi connectivity index (χ2v) is 5.30. The first-order chi connectivity index (χ1) is 9.58. The standard InChI is InChI=1S/C16H22N4/c1-13(15-6-5-9-17-11-15)20(4)12-14-7-8-16(18-10-14)19(2)3/h5-11,13H,12H2,1-4H3/t13-/m0/s1. The maximum atomic E-state index is 4.45. The molecular formula is C16H22N4. The summed E-state index contributed by atoms with van der Waals surface area (Å²) in [6.07, 6.45) is 5.68. The van der Waals surface area contributed by atoms with Crippen molar-refractivity contribution < 1.29 is 0 Å². The lowest BCUT2D eigenvalue weighted by Gasteiger charge is -2.25. The molecule has 0 saturated carbocycles. The summed E-state index contributed by atoms with van der Waals surface area (Å²) < 4.78 is 0. The minimum atomic E-state index is 0.331. The van der Waals surface area contributed by atoms with Crippen molar-refractivity contribution in [1.29, 1.82) is 0 Å². The Kier molecular flexibility index (Phi) is 4.69. The van der Waals surface area contributed by atoms with Crippen molar-refractivity contribution in [3.8, 4) is 0 Å². The van der Waals surface area contributed by atoms with Gasteiger partial charge in [-0.3, -0.25) is 9.88 Å². The lowest BCUT2D eigenvalue weighted by Crippen LogP contribution is -2.22. The van der Waals surface area contributed by atoms with Crippen molar-refractivity contribution in [3.63, 3.8) is 0 Å². The van der Waals surface area contributed by atoms with Crippen LogP contribution < -0.4 is 4.90 Å². The first kappa shape index (κ1) is 14.5. The first-order valence-corrected chi connectivity index (χ1v) is 6.80. The third-order valence-electron chi connectivity index (χ3n) is 3.53. The molecule has 0 aromatic carbocycles. The zero-order chi connectivity index (χ0) is 14.5. The van der Waals surface area contributed by atoms with E-state index >= 15 is 0 Å². The van der Waals surface area contributed by atoms with Crippen LogP contribution in [0.4, 0.5) is 5.82 Å². The van der Waals surface area contributed by atoms with Crippen LogP contribution in [0.5, 0.6) is 0 Å². The maximum absolute atomic E-state index is 4.45. The zero-order valence-electron chi connectivity index (χ0n) is 12.6. The molecule has 0 unspecified atom stereocenters. The molecule has 2 aromatic heterocycles. The Morgan fingerprint density at radius 2 is 1.90 bits per heavy atom. The van der Waals surface area contributed by atoms with Gasteiger partial charge < -0.3 is 4.90 Å². The van der Waals surface area contributed by atoms with Gasteiger partial charge in [0.1, 0.15) is 5.82 Å². The van der Waals surface area contributed by atoms with Crippen LogP contribution in [0.1, 0.15) is 24.1 Å². The Morgan fingerprint density at radius 1 is 1.10 bits per heavy atom. The van der Waals surface area contributed by atoms with Gasteiger partial charge in [-0.15, -0.1) is 0 Å². The van der Waals surface area contributed by atoms with Crippen LogP contribution in [-0.4, -0.2) is 36.0 Å². The Labute approximate surface area is 121 Å². The lowest BCUT2D eigenvalue weighted by molar-refractivity contribution is 0.252. The predicted molar refractivity (Wildman–Crippen MR) is 82.7 cm³/mol. The van der Waals surface area contributed by atoms with Gasteiger partial charge in [-0.1, -0.05) is 12.1 Å². The molecule has 20 heavy (non-hydrogen) atoms. The highest BCUT2D eigenvalue weighted by Crippen LogP contribution is 2.19. The fraction of sp³-hybridized carbons (Fsp3) is 0.375. The second-order valence-electron chi connectivity index (χ2n) is 5.30. The number of hydrogen-bond donors (Lipinski definition) is 0. The van der Waals surface area contributed by atoms with Crippen molar-refractivity contribution >= 4 is 5.82 Å². The van der Waals surface area contributed by atoms with Crippen LogP contribution in [0.25, 0.3) is 0 Å². The van der Waals surface area contributed by atoms with Crippen LogP contribution in [0.2, 0.25) is 0 Å². The molecule has 0 radical (unpaired) electrons. The summed E-state index contributed by atoms with van der Waals surface area (Å²) in [6.45, 7) is 3.06. The number of pyridine rings is 2. The fourth-order valence-electron chi connectivity index (χ4n) is 2.08. The average molecular weight is 270 g/mol. The van der Waals surface area contributed by atoms with E-state index in [4.69, 9.17) is 0 Å². The summed E-state index contributed by atoms with van der Waals surface area (Å²) in [7, 11) is 6.12. The van der Waals surface area contributed by atoms with Crippen LogP contribution in [-0.2, 0) is 6.54 Å². The van der Waals surface area contributed by atoms with E-state index < -0.39 is 0 Å². The van der Waals surface area contributed by atoms with Gasteiger partial charge in [0.05, 0.1) is 0 Å². The van der Waals surface area contributed by atoms with Crippen LogP contribution in [0.3, 0.4) is 0 Å². The number of anilines is 1. The molecule has 0 fully saturated rings. The predicted octanol–water partition coefficient (Wildman–Crippen LogP) is 2.74. The van der Waals surface area contributed by atoms with Crippen LogP contribution in [0, 0.1) is 0 Å². The molecule has 0 aliphatic carbocycles. The van der Waals surface area contributed by atoms with Crippen molar-refractivity contribution in [2.75, 3.05) is 26.0 Å². The summed E-state index contributed by atoms with van der Waals surface area (Å²) in [4.78, 5) is 12.9. The Balaban J connectivity index is 2.02. The average Bonchev–Trinajstić information content (AvgIpc) is 2.48. The molecule has 0 N–H and O–H groups in total.